The van der Waals surface area contributed by atoms with Crippen LogP contribution in [0.3, 0.4) is 0 Å². The van der Waals surface area contributed by atoms with Crippen LogP contribution in [0.2, 0.25) is 0 Å². The van der Waals surface area contributed by atoms with Crippen LogP contribution in [0.1, 0.15) is 32.4 Å². The third-order valence-corrected chi connectivity index (χ3v) is 3.58. The van der Waals surface area contributed by atoms with Crippen LogP contribution < -0.4 is 5.32 Å². The van der Waals surface area contributed by atoms with Crippen molar-refractivity contribution in [3.63, 3.8) is 0 Å². The van der Waals surface area contributed by atoms with Crippen molar-refractivity contribution >= 4 is 11.8 Å². The van der Waals surface area contributed by atoms with Crippen molar-refractivity contribution in [3.05, 3.63) is 29.8 Å². The first-order valence-corrected chi connectivity index (χ1v) is 6.66. The second kappa shape index (κ2) is 6.94. The maximum atomic E-state index is 8.98. The number of aliphatic hydroxyl groups is 1. The molecule has 2 atom stereocenters. The Hall–Kier alpha value is -0.510. The number of nitrogens with one attached hydrogen (secondary N) is 1. The fourth-order valence-corrected chi connectivity index (χ4v) is 2.36. The molecule has 2 unspecified atom stereocenters. The van der Waals surface area contributed by atoms with Crippen molar-refractivity contribution in [2.45, 2.75) is 37.0 Å². The molecule has 0 fully saturated rings. The summed E-state index contributed by atoms with van der Waals surface area (Å²) in [6.45, 7) is 7.52. The zero-order chi connectivity index (χ0) is 12.0. The number of thioether (sulfide) groups is 1. The lowest BCUT2D eigenvalue weighted by molar-refractivity contribution is 0.300. The topological polar surface area (TPSA) is 32.3 Å². The standard InChI is InChI=1S/C13H21NOS/c1-4-14-11(3)12-5-7-13(8-6-12)16-10(2)9-15/h5-8,10-11,14-15H,4,9H2,1-3H3. The molecule has 2 nitrogen and oxygen atoms in total. The molecule has 0 aliphatic carbocycles. The third-order valence-electron chi connectivity index (χ3n) is 2.48. The van der Waals surface area contributed by atoms with E-state index in [9.17, 15) is 0 Å². The SMILES string of the molecule is CCNC(C)c1ccc(SC(C)CO)cc1. The van der Waals surface area contributed by atoms with Gasteiger partial charge < -0.3 is 10.4 Å². The molecule has 0 spiro atoms. The first-order valence-electron chi connectivity index (χ1n) is 5.78. The van der Waals surface area contributed by atoms with Crippen molar-refractivity contribution in [1.82, 2.24) is 5.32 Å². The van der Waals surface area contributed by atoms with Gasteiger partial charge in [-0.3, -0.25) is 0 Å². The highest BCUT2D eigenvalue weighted by Gasteiger charge is 2.05. The number of benzene rings is 1. The fourth-order valence-electron chi connectivity index (χ4n) is 1.53. The summed E-state index contributed by atoms with van der Waals surface area (Å²) in [6, 6.07) is 8.96. The monoisotopic (exact) mass is 239 g/mol. The molecule has 1 aromatic rings. The van der Waals surface area contributed by atoms with Gasteiger partial charge in [0.2, 0.25) is 0 Å². The van der Waals surface area contributed by atoms with Crippen molar-refractivity contribution in [1.29, 1.82) is 0 Å². The normalized spacial score (nSPS) is 14.8. The molecule has 0 heterocycles. The van der Waals surface area contributed by atoms with E-state index in [1.165, 1.54) is 10.5 Å². The van der Waals surface area contributed by atoms with Gasteiger partial charge >= 0.3 is 0 Å². The maximum Gasteiger partial charge on any atom is 0.0550 e. The van der Waals surface area contributed by atoms with Crippen LogP contribution in [0.5, 0.6) is 0 Å². The van der Waals surface area contributed by atoms with E-state index in [-0.39, 0.29) is 11.9 Å². The second-order valence-corrected chi connectivity index (χ2v) is 5.47. The van der Waals surface area contributed by atoms with E-state index in [2.05, 4.69) is 43.4 Å². The summed E-state index contributed by atoms with van der Waals surface area (Å²) in [6.07, 6.45) is 0. The molecular weight excluding hydrogens is 218 g/mol. The Morgan fingerprint density at radius 1 is 1.25 bits per heavy atom. The lowest BCUT2D eigenvalue weighted by Gasteiger charge is -2.13. The highest BCUT2D eigenvalue weighted by atomic mass is 32.2. The van der Waals surface area contributed by atoms with Crippen LogP contribution in [-0.4, -0.2) is 23.5 Å². The van der Waals surface area contributed by atoms with Crippen LogP contribution in [0, 0.1) is 0 Å². The highest BCUT2D eigenvalue weighted by Crippen LogP contribution is 2.24. The van der Waals surface area contributed by atoms with Gasteiger partial charge in [-0.2, -0.15) is 0 Å². The van der Waals surface area contributed by atoms with Gasteiger partial charge in [0.05, 0.1) is 6.61 Å². The molecule has 0 saturated heterocycles. The lowest BCUT2D eigenvalue weighted by Crippen LogP contribution is -2.17. The molecule has 90 valence electrons. The molecule has 16 heavy (non-hydrogen) atoms. The van der Waals surface area contributed by atoms with Gasteiger partial charge in [-0.05, 0) is 31.2 Å². The summed E-state index contributed by atoms with van der Waals surface area (Å²) in [7, 11) is 0. The van der Waals surface area contributed by atoms with E-state index in [1.807, 2.05) is 6.92 Å². The quantitative estimate of drug-likeness (QED) is 0.749. The van der Waals surface area contributed by atoms with Gasteiger partial charge in [0, 0.05) is 16.2 Å². The predicted octanol–water partition coefficient (Wildman–Crippen LogP) is 2.83. The van der Waals surface area contributed by atoms with Crippen molar-refractivity contribution in [2.24, 2.45) is 0 Å². The Labute approximate surface area is 102 Å². The van der Waals surface area contributed by atoms with E-state index >= 15 is 0 Å². The minimum atomic E-state index is 0.222. The summed E-state index contributed by atoms with van der Waals surface area (Å²) in [5.41, 5.74) is 1.31. The van der Waals surface area contributed by atoms with Gasteiger partial charge in [-0.15, -0.1) is 11.8 Å². The molecule has 0 aliphatic rings. The summed E-state index contributed by atoms with van der Waals surface area (Å²) < 4.78 is 0. The molecule has 0 saturated carbocycles. The molecule has 0 bridgehead atoms. The molecule has 0 amide bonds. The molecule has 1 rings (SSSR count). The Morgan fingerprint density at radius 3 is 2.38 bits per heavy atom. The molecule has 0 aromatic heterocycles. The Morgan fingerprint density at radius 2 is 1.88 bits per heavy atom. The zero-order valence-corrected chi connectivity index (χ0v) is 11.1. The van der Waals surface area contributed by atoms with Crippen LogP contribution >= 0.6 is 11.8 Å². The zero-order valence-electron chi connectivity index (χ0n) is 10.2. The van der Waals surface area contributed by atoms with E-state index in [0.717, 1.165) is 6.54 Å². The summed E-state index contributed by atoms with van der Waals surface area (Å²) in [5.74, 6) is 0. The van der Waals surface area contributed by atoms with Gasteiger partial charge in [0.25, 0.3) is 0 Å². The average molecular weight is 239 g/mol. The minimum absolute atomic E-state index is 0.222. The molecular formula is C13H21NOS. The number of aliphatic hydroxyl groups excluding tert-OH is 1. The van der Waals surface area contributed by atoms with Crippen molar-refractivity contribution in [2.75, 3.05) is 13.2 Å². The molecule has 2 N–H and O–H groups in total. The van der Waals surface area contributed by atoms with Crippen LogP contribution in [0.15, 0.2) is 29.2 Å². The van der Waals surface area contributed by atoms with E-state index in [1.54, 1.807) is 11.8 Å². The highest BCUT2D eigenvalue weighted by molar-refractivity contribution is 8.00. The van der Waals surface area contributed by atoms with Gasteiger partial charge in [-0.1, -0.05) is 26.0 Å². The molecule has 1 aromatic carbocycles. The summed E-state index contributed by atoms with van der Waals surface area (Å²) in [4.78, 5) is 1.22. The van der Waals surface area contributed by atoms with Crippen LogP contribution in [-0.2, 0) is 0 Å². The van der Waals surface area contributed by atoms with Gasteiger partial charge in [0.1, 0.15) is 0 Å². The second-order valence-electron chi connectivity index (χ2n) is 3.96. The van der Waals surface area contributed by atoms with Gasteiger partial charge in [-0.25, -0.2) is 0 Å². The molecule has 0 aliphatic heterocycles. The van der Waals surface area contributed by atoms with Crippen molar-refractivity contribution < 1.29 is 5.11 Å². The number of hydrogen-bond acceptors (Lipinski definition) is 3. The first kappa shape index (κ1) is 13.6. The fraction of sp³-hybridized carbons (Fsp3) is 0.538. The first-order chi connectivity index (χ1) is 7.67. The van der Waals surface area contributed by atoms with Crippen molar-refractivity contribution in [3.8, 4) is 0 Å². The largest absolute Gasteiger partial charge is 0.395 e. The Bertz CT molecular complexity index is 299. The van der Waals surface area contributed by atoms with E-state index < -0.39 is 0 Å². The van der Waals surface area contributed by atoms with E-state index in [4.69, 9.17) is 5.11 Å². The predicted molar refractivity (Wildman–Crippen MR) is 70.9 cm³/mol. The smallest absolute Gasteiger partial charge is 0.0550 e. The minimum Gasteiger partial charge on any atom is -0.395 e. The molecule has 0 radical (unpaired) electrons. The number of hydrogen-bond donors (Lipinski definition) is 2. The maximum absolute atomic E-state index is 8.98. The van der Waals surface area contributed by atoms with Gasteiger partial charge in [0.15, 0.2) is 0 Å². The summed E-state index contributed by atoms with van der Waals surface area (Å²) >= 11 is 1.71. The van der Waals surface area contributed by atoms with E-state index in [0.29, 0.717) is 6.04 Å². The molecule has 3 heteroatoms. The summed E-state index contributed by atoms with van der Waals surface area (Å²) in [5, 5.41) is 12.6. The number of rotatable bonds is 6. The Kier molecular flexibility index (Phi) is 5.88. The average Bonchev–Trinajstić information content (AvgIpc) is 2.30. The van der Waals surface area contributed by atoms with Crippen LogP contribution in [0.25, 0.3) is 0 Å². The Balaban J connectivity index is 2.60. The third kappa shape index (κ3) is 4.16. The van der Waals surface area contributed by atoms with Crippen LogP contribution in [0.4, 0.5) is 0 Å². The lowest BCUT2D eigenvalue weighted by atomic mass is 10.1.